The van der Waals surface area contributed by atoms with Crippen LogP contribution >= 0.6 is 0 Å². The van der Waals surface area contributed by atoms with E-state index in [0.717, 1.165) is 0 Å². The van der Waals surface area contributed by atoms with Gasteiger partial charge in [-0.2, -0.15) is 0 Å². The zero-order valence-corrected chi connectivity index (χ0v) is 11.4. The molecule has 0 bridgehead atoms. The van der Waals surface area contributed by atoms with Gasteiger partial charge in [0, 0.05) is 20.2 Å². The van der Waals surface area contributed by atoms with Gasteiger partial charge in [-0.25, -0.2) is 0 Å². The van der Waals surface area contributed by atoms with Crippen LogP contribution in [0.3, 0.4) is 0 Å². The second-order valence-corrected chi connectivity index (χ2v) is 4.32. The third-order valence-electron chi connectivity index (χ3n) is 3.05. The van der Waals surface area contributed by atoms with E-state index in [4.69, 9.17) is 4.74 Å². The van der Waals surface area contributed by atoms with Gasteiger partial charge in [0.2, 0.25) is 5.91 Å². The van der Waals surface area contributed by atoms with Gasteiger partial charge in [0.05, 0.1) is 18.2 Å². The first-order valence-electron chi connectivity index (χ1n) is 6.21. The van der Waals surface area contributed by atoms with Crippen molar-refractivity contribution in [3.63, 3.8) is 0 Å². The predicted molar refractivity (Wildman–Crippen MR) is 67.9 cm³/mol. The van der Waals surface area contributed by atoms with Crippen molar-refractivity contribution in [3.8, 4) is 0 Å². The van der Waals surface area contributed by atoms with E-state index in [1.165, 1.54) is 0 Å². The Morgan fingerprint density at radius 3 is 2.47 bits per heavy atom. The third-order valence-corrected chi connectivity index (χ3v) is 3.05. The number of methoxy groups -OCH3 is 1. The van der Waals surface area contributed by atoms with E-state index in [9.17, 15) is 9.90 Å². The molecule has 0 fully saturated rings. The van der Waals surface area contributed by atoms with Crippen molar-refractivity contribution in [3.05, 3.63) is 0 Å². The molecule has 0 radical (unpaired) electrons. The van der Waals surface area contributed by atoms with Crippen molar-refractivity contribution >= 4 is 5.91 Å². The summed E-state index contributed by atoms with van der Waals surface area (Å²) in [5.74, 6) is -0.0726. The Morgan fingerprint density at radius 1 is 1.41 bits per heavy atom. The van der Waals surface area contributed by atoms with Crippen molar-refractivity contribution in [2.24, 2.45) is 0 Å². The van der Waals surface area contributed by atoms with Crippen LogP contribution in [0.4, 0.5) is 0 Å². The molecule has 0 aromatic carbocycles. The highest BCUT2D eigenvalue weighted by atomic mass is 16.5. The van der Waals surface area contributed by atoms with E-state index in [2.05, 4.69) is 10.6 Å². The summed E-state index contributed by atoms with van der Waals surface area (Å²) < 4.78 is 4.85. The Morgan fingerprint density at radius 2 is 2.00 bits per heavy atom. The average molecular weight is 246 g/mol. The molecule has 0 aromatic heterocycles. The summed E-state index contributed by atoms with van der Waals surface area (Å²) in [5, 5.41) is 15.9. The van der Waals surface area contributed by atoms with Gasteiger partial charge in [-0.05, 0) is 19.8 Å². The quantitative estimate of drug-likeness (QED) is 0.511. The maximum atomic E-state index is 11.6. The first-order valence-corrected chi connectivity index (χ1v) is 6.21. The van der Waals surface area contributed by atoms with Gasteiger partial charge >= 0.3 is 0 Å². The molecule has 0 saturated carbocycles. The lowest BCUT2D eigenvalue weighted by Gasteiger charge is -2.27. The summed E-state index contributed by atoms with van der Waals surface area (Å²) in [6.07, 6.45) is 1.35. The van der Waals surface area contributed by atoms with E-state index in [1.54, 1.807) is 14.0 Å². The van der Waals surface area contributed by atoms with Crippen LogP contribution in [0, 0.1) is 0 Å². The van der Waals surface area contributed by atoms with Crippen LogP contribution in [-0.4, -0.2) is 49.5 Å². The fraction of sp³-hybridized carbons (Fsp3) is 0.917. The molecule has 102 valence electrons. The van der Waals surface area contributed by atoms with Gasteiger partial charge in [-0.3, -0.25) is 4.79 Å². The van der Waals surface area contributed by atoms with Crippen LogP contribution < -0.4 is 10.6 Å². The molecule has 1 amide bonds. The number of carbonyl (C=O) groups is 1. The number of hydrogen-bond donors (Lipinski definition) is 3. The molecule has 5 nitrogen and oxygen atoms in total. The highest BCUT2D eigenvalue weighted by Gasteiger charge is 2.23. The van der Waals surface area contributed by atoms with Crippen LogP contribution in [0.5, 0.6) is 0 Å². The second kappa shape index (κ2) is 8.44. The van der Waals surface area contributed by atoms with Crippen molar-refractivity contribution in [2.75, 3.05) is 26.8 Å². The van der Waals surface area contributed by atoms with Crippen molar-refractivity contribution < 1.29 is 14.6 Å². The molecule has 0 spiro atoms. The number of nitrogens with one attached hydrogen (secondary N) is 2. The van der Waals surface area contributed by atoms with E-state index in [-0.39, 0.29) is 11.9 Å². The number of rotatable bonds is 9. The second-order valence-electron chi connectivity index (χ2n) is 4.32. The monoisotopic (exact) mass is 246 g/mol. The van der Waals surface area contributed by atoms with Gasteiger partial charge in [0.15, 0.2) is 0 Å². The van der Waals surface area contributed by atoms with Gasteiger partial charge < -0.3 is 20.5 Å². The number of aliphatic hydroxyl groups is 1. The van der Waals surface area contributed by atoms with Crippen LogP contribution in [0.1, 0.15) is 33.6 Å². The summed E-state index contributed by atoms with van der Waals surface area (Å²) >= 11 is 0. The lowest BCUT2D eigenvalue weighted by atomic mass is 9.97. The minimum atomic E-state index is -0.721. The lowest BCUT2D eigenvalue weighted by Crippen LogP contribution is -2.49. The smallest absolute Gasteiger partial charge is 0.236 e. The van der Waals surface area contributed by atoms with Crippen LogP contribution in [0.25, 0.3) is 0 Å². The van der Waals surface area contributed by atoms with Gasteiger partial charge in [-0.15, -0.1) is 0 Å². The highest BCUT2D eigenvalue weighted by Crippen LogP contribution is 2.12. The SMILES string of the molecule is CCC(O)(CC)CNC(C)C(=O)NCCOC. The van der Waals surface area contributed by atoms with Gasteiger partial charge in [0.1, 0.15) is 0 Å². The first kappa shape index (κ1) is 16.4. The van der Waals surface area contributed by atoms with Crippen molar-refractivity contribution in [2.45, 2.75) is 45.3 Å². The summed E-state index contributed by atoms with van der Waals surface area (Å²) in [4.78, 5) is 11.6. The van der Waals surface area contributed by atoms with E-state index >= 15 is 0 Å². The molecule has 5 heteroatoms. The Labute approximate surface area is 104 Å². The molecule has 0 aliphatic carbocycles. The zero-order chi connectivity index (χ0) is 13.3. The summed E-state index contributed by atoms with van der Waals surface area (Å²) in [6.45, 7) is 7.11. The molecular formula is C12H26N2O3. The first-order chi connectivity index (χ1) is 7.99. The van der Waals surface area contributed by atoms with E-state index in [0.29, 0.717) is 32.5 Å². The van der Waals surface area contributed by atoms with Crippen LogP contribution in [0.15, 0.2) is 0 Å². The fourth-order valence-electron chi connectivity index (χ4n) is 1.37. The van der Waals surface area contributed by atoms with E-state index < -0.39 is 5.60 Å². The minimum Gasteiger partial charge on any atom is -0.389 e. The number of hydrogen-bond acceptors (Lipinski definition) is 4. The largest absolute Gasteiger partial charge is 0.389 e. The number of ether oxygens (including phenoxy) is 1. The molecule has 0 heterocycles. The Kier molecular flexibility index (Phi) is 8.12. The third kappa shape index (κ3) is 6.61. The topological polar surface area (TPSA) is 70.6 Å². The van der Waals surface area contributed by atoms with Crippen molar-refractivity contribution in [1.29, 1.82) is 0 Å². The lowest BCUT2D eigenvalue weighted by molar-refractivity contribution is -0.123. The number of amides is 1. The molecular weight excluding hydrogens is 220 g/mol. The predicted octanol–water partition coefficient (Wildman–Crippen LogP) is 0.278. The Hall–Kier alpha value is -0.650. The minimum absolute atomic E-state index is 0.0726. The molecule has 17 heavy (non-hydrogen) atoms. The van der Waals surface area contributed by atoms with Gasteiger partial charge in [0.25, 0.3) is 0 Å². The zero-order valence-electron chi connectivity index (χ0n) is 11.4. The van der Waals surface area contributed by atoms with Gasteiger partial charge in [-0.1, -0.05) is 13.8 Å². The Bertz CT molecular complexity index is 218. The summed E-state index contributed by atoms with van der Waals surface area (Å²) in [5.41, 5.74) is -0.721. The molecule has 1 atom stereocenters. The molecule has 0 rings (SSSR count). The standard InChI is InChI=1S/C12H26N2O3/c1-5-12(16,6-2)9-14-10(3)11(15)13-7-8-17-4/h10,14,16H,5-9H2,1-4H3,(H,13,15). The highest BCUT2D eigenvalue weighted by molar-refractivity contribution is 5.81. The maximum Gasteiger partial charge on any atom is 0.236 e. The number of carbonyl (C=O) groups excluding carboxylic acids is 1. The van der Waals surface area contributed by atoms with Crippen LogP contribution in [-0.2, 0) is 9.53 Å². The molecule has 0 saturated heterocycles. The maximum absolute atomic E-state index is 11.6. The van der Waals surface area contributed by atoms with Crippen molar-refractivity contribution in [1.82, 2.24) is 10.6 Å². The molecule has 0 aromatic rings. The van der Waals surface area contributed by atoms with Crippen LogP contribution in [0.2, 0.25) is 0 Å². The fourth-order valence-corrected chi connectivity index (χ4v) is 1.37. The Balaban J connectivity index is 3.91. The molecule has 0 aliphatic heterocycles. The summed E-state index contributed by atoms with van der Waals surface area (Å²) in [7, 11) is 1.59. The average Bonchev–Trinajstić information content (AvgIpc) is 2.35. The molecule has 1 unspecified atom stereocenters. The normalized spacial score (nSPS) is 13.5. The molecule has 0 aliphatic rings. The molecule has 3 N–H and O–H groups in total. The summed E-state index contributed by atoms with van der Waals surface area (Å²) in [6, 6.07) is -0.309. The van der Waals surface area contributed by atoms with E-state index in [1.807, 2.05) is 13.8 Å².